The quantitative estimate of drug-likeness (QED) is 0.841. The molecule has 1 fully saturated rings. The molecular formula is C14H28N2O2. The molecule has 0 aromatic rings. The molecule has 0 saturated heterocycles. The van der Waals surface area contributed by atoms with E-state index in [2.05, 4.69) is 6.92 Å². The summed E-state index contributed by atoms with van der Waals surface area (Å²) in [4.78, 5) is 14.1. The van der Waals surface area contributed by atoms with Crippen LogP contribution < -0.4 is 5.73 Å². The number of hydrogen-bond donors (Lipinski definition) is 1. The van der Waals surface area contributed by atoms with Crippen LogP contribution >= 0.6 is 0 Å². The minimum absolute atomic E-state index is 0.0811. The maximum absolute atomic E-state index is 12.2. The van der Waals surface area contributed by atoms with E-state index in [9.17, 15) is 4.79 Å². The molecule has 0 spiro atoms. The second kappa shape index (κ2) is 6.41. The van der Waals surface area contributed by atoms with Crippen molar-refractivity contribution < 1.29 is 9.53 Å². The van der Waals surface area contributed by atoms with E-state index in [1.54, 1.807) is 0 Å². The SMILES string of the molecule is CCN(C(=O)OC(C)C)C1(CN)CCCC(C)C1. The summed E-state index contributed by atoms with van der Waals surface area (Å²) in [5, 5.41) is 0. The monoisotopic (exact) mass is 256 g/mol. The molecule has 2 atom stereocenters. The number of nitrogens with zero attached hydrogens (tertiary/aromatic N) is 1. The fourth-order valence-corrected chi connectivity index (χ4v) is 3.10. The number of rotatable bonds is 4. The highest BCUT2D eigenvalue weighted by atomic mass is 16.6. The van der Waals surface area contributed by atoms with Crippen LogP contribution in [0.5, 0.6) is 0 Å². The van der Waals surface area contributed by atoms with Gasteiger partial charge in [-0.1, -0.05) is 19.8 Å². The summed E-state index contributed by atoms with van der Waals surface area (Å²) in [6, 6.07) is 0. The van der Waals surface area contributed by atoms with E-state index in [1.807, 2.05) is 25.7 Å². The van der Waals surface area contributed by atoms with Crippen molar-refractivity contribution >= 4 is 6.09 Å². The van der Waals surface area contributed by atoms with Gasteiger partial charge < -0.3 is 15.4 Å². The molecule has 4 heteroatoms. The molecule has 1 amide bonds. The van der Waals surface area contributed by atoms with Crippen LogP contribution in [0, 0.1) is 5.92 Å². The van der Waals surface area contributed by atoms with Gasteiger partial charge in [-0.2, -0.15) is 0 Å². The highest BCUT2D eigenvalue weighted by Gasteiger charge is 2.41. The molecule has 0 radical (unpaired) electrons. The van der Waals surface area contributed by atoms with Gasteiger partial charge in [0.2, 0.25) is 0 Å². The molecule has 2 unspecified atom stereocenters. The first-order chi connectivity index (χ1) is 8.45. The summed E-state index contributed by atoms with van der Waals surface area (Å²) in [7, 11) is 0. The Morgan fingerprint density at radius 3 is 2.67 bits per heavy atom. The van der Waals surface area contributed by atoms with Crippen LogP contribution in [0.1, 0.15) is 53.4 Å². The Balaban J connectivity index is 2.85. The molecule has 0 aliphatic heterocycles. The summed E-state index contributed by atoms with van der Waals surface area (Å²) in [5.74, 6) is 0.628. The van der Waals surface area contributed by atoms with Crippen molar-refractivity contribution in [3.8, 4) is 0 Å². The third-order valence-electron chi connectivity index (χ3n) is 3.89. The van der Waals surface area contributed by atoms with Crippen LogP contribution in [0.4, 0.5) is 4.79 Å². The highest BCUT2D eigenvalue weighted by Crippen LogP contribution is 2.36. The first kappa shape index (κ1) is 15.3. The van der Waals surface area contributed by atoms with Gasteiger partial charge in [0, 0.05) is 13.1 Å². The van der Waals surface area contributed by atoms with Gasteiger partial charge in [-0.15, -0.1) is 0 Å². The summed E-state index contributed by atoms with van der Waals surface area (Å²) in [5.41, 5.74) is 5.80. The number of nitrogens with two attached hydrogens (primary N) is 1. The second-order valence-corrected chi connectivity index (χ2v) is 5.81. The van der Waals surface area contributed by atoms with Crippen molar-refractivity contribution in [1.82, 2.24) is 4.90 Å². The lowest BCUT2D eigenvalue weighted by Crippen LogP contribution is -2.58. The first-order valence-electron chi connectivity index (χ1n) is 7.13. The van der Waals surface area contributed by atoms with Crippen molar-refractivity contribution in [3.63, 3.8) is 0 Å². The predicted molar refractivity (Wildman–Crippen MR) is 73.4 cm³/mol. The Labute approximate surface area is 111 Å². The largest absolute Gasteiger partial charge is 0.447 e. The lowest BCUT2D eigenvalue weighted by molar-refractivity contribution is 0.0141. The molecule has 0 aromatic carbocycles. The van der Waals surface area contributed by atoms with Gasteiger partial charge in [0.15, 0.2) is 0 Å². The normalized spacial score (nSPS) is 28.2. The van der Waals surface area contributed by atoms with Gasteiger partial charge in [0.25, 0.3) is 0 Å². The second-order valence-electron chi connectivity index (χ2n) is 5.81. The third kappa shape index (κ3) is 3.37. The van der Waals surface area contributed by atoms with Gasteiger partial charge in [0.05, 0.1) is 11.6 Å². The summed E-state index contributed by atoms with van der Waals surface area (Å²) in [6.07, 6.45) is 4.07. The summed E-state index contributed by atoms with van der Waals surface area (Å²) < 4.78 is 5.35. The Kier molecular flexibility index (Phi) is 5.45. The fourth-order valence-electron chi connectivity index (χ4n) is 3.10. The number of carbonyl (C=O) groups is 1. The van der Waals surface area contributed by atoms with Gasteiger partial charge in [0.1, 0.15) is 0 Å². The molecule has 1 aliphatic rings. The van der Waals surface area contributed by atoms with Crippen molar-refractivity contribution in [1.29, 1.82) is 0 Å². The van der Waals surface area contributed by atoms with Crippen LogP contribution in [-0.2, 0) is 4.74 Å². The molecule has 1 aliphatic carbocycles. The molecule has 1 rings (SSSR count). The number of ether oxygens (including phenoxy) is 1. The van der Waals surface area contributed by atoms with Crippen molar-refractivity contribution in [2.75, 3.05) is 13.1 Å². The van der Waals surface area contributed by atoms with Crippen LogP contribution in [0.3, 0.4) is 0 Å². The van der Waals surface area contributed by atoms with Gasteiger partial charge in [-0.05, 0) is 39.5 Å². The van der Waals surface area contributed by atoms with Gasteiger partial charge in [-0.25, -0.2) is 4.79 Å². The topological polar surface area (TPSA) is 55.6 Å². The van der Waals surface area contributed by atoms with Crippen molar-refractivity contribution in [2.45, 2.75) is 65.0 Å². The number of hydrogen-bond acceptors (Lipinski definition) is 3. The number of likely N-dealkylation sites (N-methyl/N-ethyl adjacent to an activating group) is 1. The van der Waals surface area contributed by atoms with Crippen molar-refractivity contribution in [3.05, 3.63) is 0 Å². The zero-order valence-electron chi connectivity index (χ0n) is 12.2. The average molecular weight is 256 g/mol. The van der Waals surface area contributed by atoms with Crippen LogP contribution in [-0.4, -0.2) is 35.7 Å². The minimum atomic E-state index is -0.216. The van der Waals surface area contributed by atoms with E-state index in [-0.39, 0.29) is 17.7 Å². The zero-order valence-corrected chi connectivity index (χ0v) is 12.2. The molecule has 0 bridgehead atoms. The van der Waals surface area contributed by atoms with Gasteiger partial charge in [-0.3, -0.25) is 0 Å². The minimum Gasteiger partial charge on any atom is -0.447 e. The smallest absolute Gasteiger partial charge is 0.410 e. The molecule has 0 heterocycles. The molecule has 18 heavy (non-hydrogen) atoms. The van der Waals surface area contributed by atoms with E-state index < -0.39 is 0 Å². The number of amides is 1. The first-order valence-corrected chi connectivity index (χ1v) is 7.13. The van der Waals surface area contributed by atoms with Crippen LogP contribution in [0.2, 0.25) is 0 Å². The maximum Gasteiger partial charge on any atom is 0.410 e. The van der Waals surface area contributed by atoms with Crippen molar-refractivity contribution in [2.24, 2.45) is 11.7 Å². The third-order valence-corrected chi connectivity index (χ3v) is 3.89. The molecule has 2 N–H and O–H groups in total. The highest BCUT2D eigenvalue weighted by molar-refractivity contribution is 5.69. The van der Waals surface area contributed by atoms with E-state index >= 15 is 0 Å². The summed E-state index contributed by atoms with van der Waals surface area (Å²) in [6.45, 7) is 9.19. The summed E-state index contributed by atoms with van der Waals surface area (Å²) >= 11 is 0. The molecule has 0 aromatic heterocycles. The molecular weight excluding hydrogens is 228 g/mol. The Morgan fingerprint density at radius 1 is 1.56 bits per heavy atom. The Bertz CT molecular complexity index is 281. The zero-order chi connectivity index (χ0) is 13.8. The Morgan fingerprint density at radius 2 is 2.22 bits per heavy atom. The van der Waals surface area contributed by atoms with E-state index in [0.717, 1.165) is 19.3 Å². The van der Waals surface area contributed by atoms with E-state index in [1.165, 1.54) is 6.42 Å². The van der Waals surface area contributed by atoms with Gasteiger partial charge >= 0.3 is 6.09 Å². The van der Waals surface area contributed by atoms with Crippen LogP contribution in [0.25, 0.3) is 0 Å². The van der Waals surface area contributed by atoms with E-state index in [0.29, 0.717) is 19.0 Å². The molecule has 4 nitrogen and oxygen atoms in total. The molecule has 1 saturated carbocycles. The maximum atomic E-state index is 12.2. The Hall–Kier alpha value is -0.770. The lowest BCUT2D eigenvalue weighted by atomic mass is 9.75. The van der Waals surface area contributed by atoms with E-state index in [4.69, 9.17) is 10.5 Å². The lowest BCUT2D eigenvalue weighted by Gasteiger charge is -2.46. The van der Waals surface area contributed by atoms with Crippen LogP contribution in [0.15, 0.2) is 0 Å². The fraction of sp³-hybridized carbons (Fsp3) is 0.929. The number of carbonyl (C=O) groups excluding carboxylic acids is 1. The standard InChI is InChI=1S/C14H28N2O2/c1-5-16(13(17)18-11(2)3)14(10-15)8-6-7-12(4)9-14/h11-12H,5-10,15H2,1-4H3. The molecule has 106 valence electrons. The average Bonchev–Trinajstić information content (AvgIpc) is 2.28. The predicted octanol–water partition coefficient (Wildman–Crippen LogP) is 2.76.